The predicted octanol–water partition coefficient (Wildman–Crippen LogP) is -0.406. The molecule has 1 aliphatic rings. The van der Waals surface area contributed by atoms with E-state index in [9.17, 15) is 0 Å². The molecule has 90 valence electrons. The van der Waals surface area contributed by atoms with E-state index >= 15 is 0 Å². The monoisotopic (exact) mass is 215 g/mol. The Kier molecular flexibility index (Phi) is 6.17. The summed E-state index contributed by atoms with van der Waals surface area (Å²) in [5.41, 5.74) is 0. The van der Waals surface area contributed by atoms with Gasteiger partial charge in [-0.15, -0.1) is 0 Å². The van der Waals surface area contributed by atoms with Gasteiger partial charge in [-0.2, -0.15) is 0 Å². The highest BCUT2D eigenvalue weighted by Crippen LogP contribution is 2.03. The summed E-state index contributed by atoms with van der Waals surface area (Å²) in [6.07, 6.45) is 0.852. The van der Waals surface area contributed by atoms with E-state index < -0.39 is 0 Å². The van der Waals surface area contributed by atoms with Crippen LogP contribution in [0.2, 0.25) is 0 Å². The van der Waals surface area contributed by atoms with Gasteiger partial charge in [0.15, 0.2) is 0 Å². The Balaban J connectivity index is 2.21. The molecule has 1 atom stereocenters. The average Bonchev–Trinajstić information content (AvgIpc) is 2.29. The number of rotatable bonds is 6. The fourth-order valence-electron chi connectivity index (χ4n) is 2.08. The fraction of sp³-hybridized carbons (Fsp3) is 1.00. The van der Waals surface area contributed by atoms with Crippen LogP contribution in [0, 0.1) is 0 Å². The summed E-state index contributed by atoms with van der Waals surface area (Å²) in [5.74, 6) is 0. The summed E-state index contributed by atoms with van der Waals surface area (Å²) in [6.45, 7) is 9.43. The van der Waals surface area contributed by atoms with Crippen LogP contribution in [0.4, 0.5) is 0 Å². The minimum atomic E-state index is 0.278. The minimum Gasteiger partial charge on any atom is -0.396 e. The Morgan fingerprint density at radius 1 is 1.20 bits per heavy atom. The SMILES string of the molecule is CCN1CCN(CC(CCO)NC)CC1. The molecule has 1 unspecified atom stereocenters. The van der Waals surface area contributed by atoms with Crippen LogP contribution in [0.15, 0.2) is 0 Å². The van der Waals surface area contributed by atoms with Crippen LogP contribution in [0.25, 0.3) is 0 Å². The van der Waals surface area contributed by atoms with Crippen molar-refractivity contribution in [3.63, 3.8) is 0 Å². The van der Waals surface area contributed by atoms with Crippen molar-refractivity contribution < 1.29 is 5.11 Å². The highest BCUT2D eigenvalue weighted by Gasteiger charge is 2.17. The zero-order valence-electron chi connectivity index (χ0n) is 10.1. The Morgan fingerprint density at radius 3 is 2.27 bits per heavy atom. The molecule has 4 nitrogen and oxygen atoms in total. The average molecular weight is 215 g/mol. The van der Waals surface area contributed by atoms with Gasteiger partial charge < -0.3 is 15.3 Å². The van der Waals surface area contributed by atoms with Crippen molar-refractivity contribution in [2.75, 3.05) is 52.9 Å². The van der Waals surface area contributed by atoms with Crippen molar-refractivity contribution in [2.24, 2.45) is 0 Å². The highest BCUT2D eigenvalue weighted by molar-refractivity contribution is 4.76. The van der Waals surface area contributed by atoms with Crippen molar-refractivity contribution in [3.8, 4) is 0 Å². The van der Waals surface area contributed by atoms with Gasteiger partial charge in [0, 0.05) is 45.4 Å². The number of aliphatic hydroxyl groups excluding tert-OH is 1. The Hall–Kier alpha value is -0.160. The van der Waals surface area contributed by atoms with Crippen molar-refractivity contribution in [2.45, 2.75) is 19.4 Å². The van der Waals surface area contributed by atoms with E-state index in [-0.39, 0.29) is 6.61 Å². The van der Waals surface area contributed by atoms with Gasteiger partial charge in [0.25, 0.3) is 0 Å². The molecule has 0 spiro atoms. The van der Waals surface area contributed by atoms with Crippen LogP contribution < -0.4 is 5.32 Å². The van der Waals surface area contributed by atoms with Crippen molar-refractivity contribution in [1.82, 2.24) is 15.1 Å². The van der Waals surface area contributed by atoms with E-state index in [1.807, 2.05) is 7.05 Å². The van der Waals surface area contributed by atoms with Gasteiger partial charge in [0.2, 0.25) is 0 Å². The maximum Gasteiger partial charge on any atom is 0.0446 e. The molecular formula is C11H25N3O. The van der Waals surface area contributed by atoms with Crippen LogP contribution in [0.5, 0.6) is 0 Å². The predicted molar refractivity (Wildman–Crippen MR) is 63.1 cm³/mol. The zero-order valence-corrected chi connectivity index (χ0v) is 10.1. The second kappa shape index (κ2) is 7.17. The first-order chi connectivity index (χ1) is 7.30. The molecule has 0 amide bonds. The maximum absolute atomic E-state index is 8.91. The van der Waals surface area contributed by atoms with Crippen LogP contribution in [-0.2, 0) is 0 Å². The van der Waals surface area contributed by atoms with Crippen molar-refractivity contribution >= 4 is 0 Å². The molecule has 0 aromatic heterocycles. The molecular weight excluding hydrogens is 190 g/mol. The molecule has 1 aliphatic heterocycles. The number of likely N-dealkylation sites (N-methyl/N-ethyl adjacent to an activating group) is 2. The lowest BCUT2D eigenvalue weighted by atomic mass is 10.2. The Bertz CT molecular complexity index is 158. The summed E-state index contributed by atoms with van der Waals surface area (Å²) in [7, 11) is 1.97. The largest absolute Gasteiger partial charge is 0.396 e. The van der Waals surface area contributed by atoms with Crippen LogP contribution in [0.3, 0.4) is 0 Å². The number of nitrogens with one attached hydrogen (secondary N) is 1. The van der Waals surface area contributed by atoms with Gasteiger partial charge in [-0.05, 0) is 20.0 Å². The first-order valence-corrected chi connectivity index (χ1v) is 6.03. The third-order valence-electron chi connectivity index (χ3n) is 3.28. The molecule has 15 heavy (non-hydrogen) atoms. The summed E-state index contributed by atoms with van der Waals surface area (Å²) >= 11 is 0. The molecule has 0 aromatic carbocycles. The molecule has 0 bridgehead atoms. The minimum absolute atomic E-state index is 0.278. The van der Waals surface area contributed by atoms with Crippen LogP contribution >= 0.6 is 0 Å². The van der Waals surface area contributed by atoms with E-state index in [0.717, 1.165) is 26.1 Å². The van der Waals surface area contributed by atoms with E-state index in [1.54, 1.807) is 0 Å². The number of nitrogens with zero attached hydrogens (tertiary/aromatic N) is 2. The van der Waals surface area contributed by atoms with E-state index in [2.05, 4.69) is 22.0 Å². The quantitative estimate of drug-likeness (QED) is 0.632. The third-order valence-corrected chi connectivity index (χ3v) is 3.28. The molecule has 4 heteroatoms. The van der Waals surface area contributed by atoms with E-state index in [0.29, 0.717) is 6.04 Å². The molecule has 0 saturated carbocycles. The maximum atomic E-state index is 8.91. The van der Waals surface area contributed by atoms with Gasteiger partial charge in [0.05, 0.1) is 0 Å². The molecule has 1 heterocycles. The second-order valence-corrected chi connectivity index (χ2v) is 4.23. The number of piperazine rings is 1. The smallest absolute Gasteiger partial charge is 0.0446 e. The standard InChI is InChI=1S/C11H25N3O/c1-3-13-5-7-14(8-6-13)10-11(12-2)4-9-15/h11-12,15H,3-10H2,1-2H3. The third kappa shape index (κ3) is 4.47. The summed E-state index contributed by atoms with van der Waals surface area (Å²) in [4.78, 5) is 4.97. The van der Waals surface area contributed by atoms with Gasteiger partial charge in [-0.25, -0.2) is 0 Å². The topological polar surface area (TPSA) is 38.7 Å². The summed E-state index contributed by atoms with van der Waals surface area (Å²) in [5, 5.41) is 12.2. The lowest BCUT2D eigenvalue weighted by Gasteiger charge is -2.35. The molecule has 0 aromatic rings. The van der Waals surface area contributed by atoms with Gasteiger partial charge in [0.1, 0.15) is 0 Å². The number of hydrogen-bond acceptors (Lipinski definition) is 4. The lowest BCUT2D eigenvalue weighted by Crippen LogP contribution is -2.50. The zero-order chi connectivity index (χ0) is 11.1. The van der Waals surface area contributed by atoms with E-state index in [1.165, 1.54) is 19.6 Å². The molecule has 1 rings (SSSR count). The molecule has 1 saturated heterocycles. The van der Waals surface area contributed by atoms with Crippen molar-refractivity contribution in [3.05, 3.63) is 0 Å². The van der Waals surface area contributed by atoms with Gasteiger partial charge in [-0.1, -0.05) is 6.92 Å². The Morgan fingerprint density at radius 2 is 1.80 bits per heavy atom. The lowest BCUT2D eigenvalue weighted by molar-refractivity contribution is 0.123. The normalized spacial score (nSPS) is 21.8. The van der Waals surface area contributed by atoms with Gasteiger partial charge in [-0.3, -0.25) is 4.90 Å². The molecule has 0 aliphatic carbocycles. The molecule has 2 N–H and O–H groups in total. The number of aliphatic hydroxyl groups is 1. The molecule has 0 radical (unpaired) electrons. The second-order valence-electron chi connectivity index (χ2n) is 4.23. The van der Waals surface area contributed by atoms with E-state index in [4.69, 9.17) is 5.11 Å². The molecule has 1 fully saturated rings. The van der Waals surface area contributed by atoms with Crippen LogP contribution in [0.1, 0.15) is 13.3 Å². The Labute approximate surface area is 93.2 Å². The van der Waals surface area contributed by atoms with Gasteiger partial charge >= 0.3 is 0 Å². The fourth-order valence-corrected chi connectivity index (χ4v) is 2.08. The first-order valence-electron chi connectivity index (χ1n) is 6.03. The number of hydrogen-bond donors (Lipinski definition) is 2. The first kappa shape index (κ1) is 12.9. The highest BCUT2D eigenvalue weighted by atomic mass is 16.3. The summed E-state index contributed by atoms with van der Waals surface area (Å²) < 4.78 is 0. The van der Waals surface area contributed by atoms with Crippen molar-refractivity contribution in [1.29, 1.82) is 0 Å². The summed E-state index contributed by atoms with van der Waals surface area (Å²) in [6, 6.07) is 0.433. The van der Waals surface area contributed by atoms with Crippen LogP contribution in [-0.4, -0.2) is 73.9 Å².